The predicted molar refractivity (Wildman–Crippen MR) is 217 cm³/mol. The number of hydrogen-bond donors (Lipinski definition) is 1. The molecule has 13 heteroatoms. The summed E-state index contributed by atoms with van der Waals surface area (Å²) >= 11 is 2.84. The number of unbranched alkanes of at least 4 members (excludes halogenated alkanes) is 1. The SMILES string of the molecule is CC(C(=O)Cc1nnc(CCCCc2nnc(NC(=O)C(C)c3ccc(N4Cc5ccccc5C4=O)cc3)s2)s1)c1ccc(N2Cc3ccccc3C2=O)cc1. The Bertz CT molecular complexity index is 2260. The highest BCUT2D eigenvalue weighted by Crippen LogP contribution is 2.32. The van der Waals surface area contributed by atoms with Crippen molar-refractivity contribution < 1.29 is 19.2 Å². The van der Waals surface area contributed by atoms with Gasteiger partial charge in [0.2, 0.25) is 11.0 Å². The number of Topliss-reactive ketones (excluding diaryl/α,β-unsaturated/α-hetero) is 1. The molecule has 0 fully saturated rings. The van der Waals surface area contributed by atoms with Crippen LogP contribution in [-0.2, 0) is 41.9 Å². The minimum Gasteiger partial charge on any atom is -0.304 e. The zero-order valence-corrected chi connectivity index (χ0v) is 32.6. The van der Waals surface area contributed by atoms with E-state index in [9.17, 15) is 19.2 Å². The minimum atomic E-state index is -0.420. The summed E-state index contributed by atoms with van der Waals surface area (Å²) in [6.45, 7) is 4.83. The van der Waals surface area contributed by atoms with Gasteiger partial charge in [-0.2, -0.15) is 0 Å². The minimum absolute atomic E-state index is 0.00408. The summed E-state index contributed by atoms with van der Waals surface area (Å²) in [4.78, 5) is 55.5. The molecule has 2 atom stereocenters. The fourth-order valence-corrected chi connectivity index (χ4v) is 8.76. The van der Waals surface area contributed by atoms with Gasteiger partial charge in [-0.25, -0.2) is 0 Å². The Morgan fingerprint density at radius 2 is 1.11 bits per heavy atom. The highest BCUT2D eigenvalue weighted by molar-refractivity contribution is 7.15. The van der Waals surface area contributed by atoms with Crippen molar-refractivity contribution in [2.24, 2.45) is 0 Å². The number of anilines is 3. The van der Waals surface area contributed by atoms with Crippen LogP contribution in [0.1, 0.15) is 96.5 Å². The summed E-state index contributed by atoms with van der Waals surface area (Å²) in [6, 6.07) is 30.5. The first-order valence-corrected chi connectivity index (χ1v) is 20.3. The van der Waals surface area contributed by atoms with E-state index in [1.165, 1.54) is 22.7 Å². The van der Waals surface area contributed by atoms with Gasteiger partial charge in [-0.1, -0.05) is 78.9 Å². The first-order valence-electron chi connectivity index (χ1n) is 18.7. The number of carbonyl (C=O) groups is 4. The van der Waals surface area contributed by atoms with Crippen molar-refractivity contribution in [1.29, 1.82) is 0 Å². The van der Waals surface area contributed by atoms with Gasteiger partial charge in [0.1, 0.15) is 20.8 Å². The van der Waals surface area contributed by atoms with Crippen LogP contribution < -0.4 is 15.1 Å². The maximum Gasteiger partial charge on any atom is 0.258 e. The number of nitrogens with zero attached hydrogens (tertiary/aromatic N) is 6. The van der Waals surface area contributed by atoms with Gasteiger partial charge >= 0.3 is 0 Å². The number of aryl methyl sites for hydroxylation is 2. The quantitative estimate of drug-likeness (QED) is 0.110. The maximum absolute atomic E-state index is 13.2. The molecular weight excluding hydrogens is 743 g/mol. The van der Waals surface area contributed by atoms with Crippen molar-refractivity contribution in [1.82, 2.24) is 20.4 Å². The van der Waals surface area contributed by atoms with E-state index in [-0.39, 0.29) is 35.8 Å². The van der Waals surface area contributed by atoms with Crippen LogP contribution in [0.15, 0.2) is 97.1 Å². The van der Waals surface area contributed by atoms with Gasteiger partial charge in [-0.3, -0.25) is 19.2 Å². The summed E-state index contributed by atoms with van der Waals surface area (Å²) in [6.07, 6.45) is 3.44. The summed E-state index contributed by atoms with van der Waals surface area (Å²) in [5.41, 5.74) is 6.85. The van der Waals surface area contributed by atoms with Gasteiger partial charge < -0.3 is 15.1 Å². The Morgan fingerprint density at radius 1 is 0.625 bits per heavy atom. The van der Waals surface area contributed by atoms with Crippen LogP contribution >= 0.6 is 22.7 Å². The lowest BCUT2D eigenvalue weighted by molar-refractivity contribution is -0.119. The van der Waals surface area contributed by atoms with Crippen LogP contribution in [0.4, 0.5) is 16.5 Å². The lowest BCUT2D eigenvalue weighted by Gasteiger charge is -2.17. The molecule has 0 aliphatic carbocycles. The largest absolute Gasteiger partial charge is 0.304 e. The number of nitrogens with one attached hydrogen (secondary N) is 1. The van der Waals surface area contributed by atoms with Gasteiger partial charge in [-0.15, -0.1) is 31.7 Å². The van der Waals surface area contributed by atoms with E-state index in [2.05, 4.69) is 25.7 Å². The van der Waals surface area contributed by atoms with E-state index in [0.29, 0.717) is 23.2 Å². The molecule has 8 rings (SSSR count). The predicted octanol–water partition coefficient (Wildman–Crippen LogP) is 7.93. The molecule has 282 valence electrons. The van der Waals surface area contributed by atoms with Crippen LogP contribution in [0.2, 0.25) is 0 Å². The normalized spacial score (nSPS) is 14.5. The average Bonchev–Trinajstić information content (AvgIpc) is 4.02. The van der Waals surface area contributed by atoms with E-state index in [0.717, 1.165) is 80.5 Å². The van der Waals surface area contributed by atoms with Crippen molar-refractivity contribution >= 4 is 62.7 Å². The maximum atomic E-state index is 13.2. The smallest absolute Gasteiger partial charge is 0.258 e. The van der Waals surface area contributed by atoms with Crippen LogP contribution in [0.3, 0.4) is 0 Å². The molecular formula is C43H39N7O4S2. The first kappa shape index (κ1) is 37.0. The van der Waals surface area contributed by atoms with Gasteiger partial charge in [0.15, 0.2) is 0 Å². The van der Waals surface area contributed by atoms with Crippen molar-refractivity contribution in [3.63, 3.8) is 0 Å². The Labute approximate surface area is 332 Å². The molecule has 0 saturated carbocycles. The van der Waals surface area contributed by atoms with E-state index in [1.807, 2.05) is 111 Å². The second-order valence-corrected chi connectivity index (χ2v) is 16.4. The van der Waals surface area contributed by atoms with Crippen molar-refractivity contribution in [3.05, 3.63) is 145 Å². The van der Waals surface area contributed by atoms with Crippen molar-refractivity contribution in [2.45, 2.75) is 70.9 Å². The zero-order valence-electron chi connectivity index (χ0n) is 31.0. The van der Waals surface area contributed by atoms with Gasteiger partial charge in [0.05, 0.1) is 25.4 Å². The molecule has 4 heterocycles. The lowest BCUT2D eigenvalue weighted by atomic mass is 9.95. The molecule has 3 amide bonds. The molecule has 0 bridgehead atoms. The number of aromatic nitrogens is 4. The Balaban J connectivity index is 0.759. The molecule has 56 heavy (non-hydrogen) atoms. The van der Waals surface area contributed by atoms with Gasteiger partial charge in [0.25, 0.3) is 11.8 Å². The van der Waals surface area contributed by atoms with Crippen LogP contribution in [0.25, 0.3) is 0 Å². The molecule has 0 saturated heterocycles. The van der Waals surface area contributed by atoms with E-state index >= 15 is 0 Å². The van der Waals surface area contributed by atoms with Gasteiger partial charge in [-0.05, 0) is 78.4 Å². The Morgan fingerprint density at radius 3 is 1.66 bits per heavy atom. The molecule has 2 aliphatic heterocycles. The number of amides is 3. The molecule has 1 N–H and O–H groups in total. The first-order chi connectivity index (χ1) is 27.2. The third kappa shape index (κ3) is 7.77. The van der Waals surface area contributed by atoms with E-state index in [4.69, 9.17) is 0 Å². The molecule has 4 aromatic carbocycles. The molecule has 11 nitrogen and oxygen atoms in total. The Kier molecular flexibility index (Phi) is 10.6. The third-order valence-electron chi connectivity index (χ3n) is 10.5. The van der Waals surface area contributed by atoms with Crippen molar-refractivity contribution in [3.8, 4) is 0 Å². The van der Waals surface area contributed by atoms with Crippen LogP contribution in [0.5, 0.6) is 0 Å². The average molecular weight is 782 g/mol. The van der Waals surface area contributed by atoms with E-state index in [1.54, 1.807) is 9.80 Å². The summed E-state index contributed by atoms with van der Waals surface area (Å²) in [7, 11) is 0. The van der Waals surface area contributed by atoms with Crippen molar-refractivity contribution in [2.75, 3.05) is 15.1 Å². The van der Waals surface area contributed by atoms with Crippen LogP contribution in [-0.4, -0.2) is 43.9 Å². The molecule has 0 radical (unpaired) electrons. The monoisotopic (exact) mass is 781 g/mol. The molecule has 6 aromatic rings. The number of ketones is 1. The zero-order chi connectivity index (χ0) is 38.8. The standard InChI is InChI=1S/C43H39N7O4S2/c1-26(28-15-19-32(20-16-28)49-24-30-9-3-5-11-34(30)41(49)53)36(51)23-39-47-45-37(55-39)13-7-8-14-38-46-48-43(56-38)44-40(52)27(2)29-17-21-33(22-18-29)50-25-31-10-4-6-12-35(31)42(50)54/h3-6,9-12,15-22,26-27H,7-8,13-14,23-25H2,1-2H3,(H,44,48,52). The number of benzene rings is 4. The Hall–Kier alpha value is -5.92. The highest BCUT2D eigenvalue weighted by Gasteiger charge is 2.29. The number of fused-ring (bicyclic) bond motifs is 2. The van der Waals surface area contributed by atoms with Crippen LogP contribution in [0, 0.1) is 0 Å². The highest BCUT2D eigenvalue weighted by atomic mass is 32.1. The van der Waals surface area contributed by atoms with E-state index < -0.39 is 5.92 Å². The number of carbonyl (C=O) groups excluding carboxylic acids is 4. The molecule has 0 spiro atoms. The summed E-state index contributed by atoms with van der Waals surface area (Å²) in [5, 5.41) is 22.9. The summed E-state index contributed by atoms with van der Waals surface area (Å²) < 4.78 is 0. The second-order valence-electron chi connectivity index (χ2n) is 14.2. The number of hydrogen-bond acceptors (Lipinski definition) is 10. The third-order valence-corrected chi connectivity index (χ3v) is 12.4. The molecule has 2 unspecified atom stereocenters. The number of rotatable bonds is 14. The summed E-state index contributed by atoms with van der Waals surface area (Å²) in [5.74, 6) is -0.859. The lowest BCUT2D eigenvalue weighted by Crippen LogP contribution is -2.23. The fraction of sp³-hybridized carbons (Fsp3) is 0.256. The van der Waals surface area contributed by atoms with Gasteiger partial charge in [0, 0.05) is 41.3 Å². The molecule has 2 aromatic heterocycles. The molecule has 2 aliphatic rings. The topological polar surface area (TPSA) is 138 Å². The second kappa shape index (κ2) is 16.0. The fourth-order valence-electron chi connectivity index (χ4n) is 7.08.